The first-order chi connectivity index (χ1) is 10.3. The Morgan fingerprint density at radius 3 is 2.62 bits per heavy atom. The number of para-hydroxylation sites is 1. The van der Waals surface area contributed by atoms with E-state index in [1.54, 1.807) is 0 Å². The largest absolute Gasteiger partial charge is 0.349 e. The molecule has 3 nitrogen and oxygen atoms in total. The van der Waals surface area contributed by atoms with Gasteiger partial charge in [-0.3, -0.25) is 9.36 Å². The number of fused-ring (bicyclic) bond motifs is 3. The van der Waals surface area contributed by atoms with Gasteiger partial charge < -0.3 is 4.57 Å². The van der Waals surface area contributed by atoms with Crippen LogP contribution < -0.4 is 0 Å². The summed E-state index contributed by atoms with van der Waals surface area (Å²) < 4.78 is 4.07. The van der Waals surface area contributed by atoms with E-state index in [0.717, 1.165) is 29.4 Å². The summed E-state index contributed by atoms with van der Waals surface area (Å²) in [7, 11) is 2.05. The second-order valence-corrected chi connectivity index (χ2v) is 6.19. The van der Waals surface area contributed by atoms with E-state index in [9.17, 15) is 4.79 Å². The van der Waals surface area contributed by atoms with E-state index >= 15 is 0 Å². The molecule has 0 unspecified atom stereocenters. The molecule has 2 heterocycles. The third kappa shape index (κ3) is 1.84. The van der Waals surface area contributed by atoms with Crippen molar-refractivity contribution in [1.82, 2.24) is 9.13 Å². The summed E-state index contributed by atoms with van der Waals surface area (Å²) in [5.41, 5.74) is 3.26. The number of carbonyl (C=O) groups is 1. The van der Waals surface area contributed by atoms with E-state index in [1.807, 2.05) is 29.9 Å². The minimum Gasteiger partial charge on any atom is -0.349 e. The zero-order valence-corrected chi connectivity index (χ0v) is 12.4. The van der Waals surface area contributed by atoms with Crippen LogP contribution in [-0.4, -0.2) is 15.0 Å². The van der Waals surface area contributed by atoms with Gasteiger partial charge in [0, 0.05) is 24.5 Å². The third-order valence-electron chi connectivity index (χ3n) is 4.87. The lowest BCUT2D eigenvalue weighted by molar-refractivity contribution is 0.0812. The Morgan fingerprint density at radius 1 is 1.05 bits per heavy atom. The molecule has 0 amide bonds. The molecule has 0 aliphatic heterocycles. The van der Waals surface area contributed by atoms with E-state index in [1.165, 1.54) is 24.6 Å². The maximum atomic E-state index is 13.1. The topological polar surface area (TPSA) is 26.9 Å². The Bertz CT molecular complexity index is 818. The van der Waals surface area contributed by atoms with Crippen molar-refractivity contribution < 1.29 is 4.79 Å². The van der Waals surface area contributed by atoms with Crippen LogP contribution in [0.4, 0.5) is 0 Å². The molecule has 1 aliphatic rings. The number of hydrogen-bond donors (Lipinski definition) is 0. The summed E-state index contributed by atoms with van der Waals surface area (Å²) in [6.07, 6.45) is 7.78. The quantitative estimate of drug-likeness (QED) is 0.651. The zero-order chi connectivity index (χ0) is 14.4. The van der Waals surface area contributed by atoms with E-state index < -0.39 is 0 Å². The van der Waals surface area contributed by atoms with Gasteiger partial charge in [-0.15, -0.1) is 0 Å². The highest BCUT2D eigenvalue weighted by molar-refractivity contribution is 6.12. The lowest BCUT2D eigenvalue weighted by Crippen LogP contribution is -2.23. The van der Waals surface area contributed by atoms with E-state index in [0.29, 0.717) is 0 Å². The molecule has 21 heavy (non-hydrogen) atoms. The number of benzene rings is 1. The van der Waals surface area contributed by atoms with E-state index in [-0.39, 0.29) is 11.8 Å². The van der Waals surface area contributed by atoms with Crippen LogP contribution >= 0.6 is 0 Å². The lowest BCUT2D eigenvalue weighted by Gasteiger charge is -2.21. The summed E-state index contributed by atoms with van der Waals surface area (Å²) in [5.74, 6) is 0.477. The summed E-state index contributed by atoms with van der Waals surface area (Å²) >= 11 is 0. The fourth-order valence-electron chi connectivity index (χ4n) is 3.79. The minimum atomic E-state index is 0.193. The van der Waals surface area contributed by atoms with Crippen LogP contribution in [0.15, 0.2) is 36.5 Å². The van der Waals surface area contributed by atoms with Crippen molar-refractivity contribution in [1.29, 1.82) is 0 Å². The molecular weight excluding hydrogens is 260 g/mol. The van der Waals surface area contributed by atoms with Crippen molar-refractivity contribution in [2.75, 3.05) is 0 Å². The van der Waals surface area contributed by atoms with E-state index in [2.05, 4.69) is 22.8 Å². The molecule has 3 heteroatoms. The predicted octanol–water partition coefficient (Wildman–Crippen LogP) is 4.35. The van der Waals surface area contributed by atoms with Crippen molar-refractivity contribution in [2.45, 2.75) is 32.1 Å². The number of rotatable bonds is 1. The maximum absolute atomic E-state index is 13.1. The molecule has 0 saturated heterocycles. The standard InChI is InChI=1S/C18H20N2O/c1-19-12-11-16-17(19)14-9-5-6-10-15(14)20(16)18(21)13-7-3-2-4-8-13/h5-6,9-13H,2-4,7-8H2,1H3. The molecule has 1 aromatic carbocycles. The molecule has 0 bridgehead atoms. The highest BCUT2D eigenvalue weighted by Crippen LogP contribution is 2.32. The van der Waals surface area contributed by atoms with Gasteiger partial charge in [-0.05, 0) is 25.0 Å². The number of hydrogen-bond acceptors (Lipinski definition) is 1. The fraction of sp³-hybridized carbons (Fsp3) is 0.389. The van der Waals surface area contributed by atoms with Crippen LogP contribution in [-0.2, 0) is 7.05 Å². The fourth-order valence-corrected chi connectivity index (χ4v) is 3.79. The van der Waals surface area contributed by atoms with Crippen molar-refractivity contribution in [2.24, 2.45) is 13.0 Å². The zero-order valence-electron chi connectivity index (χ0n) is 12.4. The van der Waals surface area contributed by atoms with Gasteiger partial charge >= 0.3 is 0 Å². The van der Waals surface area contributed by atoms with Gasteiger partial charge in [-0.1, -0.05) is 37.5 Å². The van der Waals surface area contributed by atoms with Crippen molar-refractivity contribution in [3.8, 4) is 0 Å². The Morgan fingerprint density at radius 2 is 1.81 bits per heavy atom. The van der Waals surface area contributed by atoms with Crippen LogP contribution in [0.2, 0.25) is 0 Å². The second-order valence-electron chi connectivity index (χ2n) is 6.19. The lowest BCUT2D eigenvalue weighted by atomic mass is 9.88. The Labute approximate surface area is 124 Å². The average Bonchev–Trinajstić information content (AvgIpc) is 3.06. The molecule has 1 saturated carbocycles. The molecule has 0 atom stereocenters. The molecule has 0 radical (unpaired) electrons. The van der Waals surface area contributed by atoms with Gasteiger partial charge in [0.05, 0.1) is 16.6 Å². The van der Waals surface area contributed by atoms with Crippen LogP contribution in [0.3, 0.4) is 0 Å². The Balaban J connectivity index is 1.95. The van der Waals surface area contributed by atoms with E-state index in [4.69, 9.17) is 0 Å². The van der Waals surface area contributed by atoms with Crippen LogP contribution in [0.1, 0.15) is 36.9 Å². The summed E-state index contributed by atoms with van der Waals surface area (Å²) in [6, 6.07) is 10.3. The molecule has 0 N–H and O–H groups in total. The average molecular weight is 280 g/mol. The van der Waals surface area contributed by atoms with Crippen LogP contribution in [0.5, 0.6) is 0 Å². The number of carbonyl (C=O) groups excluding carboxylic acids is 1. The molecule has 1 aliphatic carbocycles. The molecule has 3 aromatic rings. The molecule has 108 valence electrons. The second kappa shape index (κ2) is 4.76. The summed E-state index contributed by atoms with van der Waals surface area (Å²) in [5, 5.41) is 1.17. The molecule has 4 rings (SSSR count). The number of nitrogens with zero attached hydrogens (tertiary/aromatic N) is 2. The van der Waals surface area contributed by atoms with Crippen molar-refractivity contribution in [3.63, 3.8) is 0 Å². The SMILES string of the molecule is Cn1ccc2c1c1ccccc1n2C(=O)C1CCCCC1. The third-order valence-corrected chi connectivity index (χ3v) is 4.87. The highest BCUT2D eigenvalue weighted by Gasteiger charge is 2.26. The molecule has 2 aromatic heterocycles. The van der Waals surface area contributed by atoms with Crippen LogP contribution in [0, 0.1) is 5.92 Å². The number of aromatic nitrogens is 2. The van der Waals surface area contributed by atoms with Gasteiger partial charge in [0.15, 0.2) is 0 Å². The molecular formula is C18H20N2O. The Hall–Kier alpha value is -2.03. The van der Waals surface area contributed by atoms with Gasteiger partial charge in [0.25, 0.3) is 0 Å². The monoisotopic (exact) mass is 280 g/mol. The van der Waals surface area contributed by atoms with Gasteiger partial charge in [0.1, 0.15) is 0 Å². The smallest absolute Gasteiger partial charge is 0.234 e. The molecule has 1 fully saturated rings. The first kappa shape index (κ1) is 12.7. The molecule has 0 spiro atoms. The van der Waals surface area contributed by atoms with Crippen LogP contribution in [0.25, 0.3) is 21.9 Å². The minimum absolute atomic E-state index is 0.193. The predicted molar refractivity (Wildman–Crippen MR) is 85.6 cm³/mol. The maximum Gasteiger partial charge on any atom is 0.234 e. The number of aryl methyl sites for hydroxylation is 1. The summed E-state index contributed by atoms with van der Waals surface area (Å²) in [6.45, 7) is 0. The first-order valence-electron chi connectivity index (χ1n) is 7.86. The van der Waals surface area contributed by atoms with Gasteiger partial charge in [-0.25, -0.2) is 0 Å². The Kier molecular flexibility index (Phi) is 2.88. The van der Waals surface area contributed by atoms with Gasteiger partial charge in [0.2, 0.25) is 5.91 Å². The van der Waals surface area contributed by atoms with Crippen molar-refractivity contribution in [3.05, 3.63) is 36.5 Å². The normalized spacial score (nSPS) is 16.8. The highest BCUT2D eigenvalue weighted by atomic mass is 16.2. The summed E-state index contributed by atoms with van der Waals surface area (Å²) in [4.78, 5) is 13.1. The van der Waals surface area contributed by atoms with Gasteiger partial charge in [-0.2, -0.15) is 0 Å². The van der Waals surface area contributed by atoms with Crippen molar-refractivity contribution >= 4 is 27.8 Å². The first-order valence-corrected chi connectivity index (χ1v) is 7.86.